The molecule has 2 aliphatic rings. The Morgan fingerprint density at radius 3 is 1.53 bits per heavy atom. The fourth-order valence-electron chi connectivity index (χ4n) is 6.69. The maximum absolute atomic E-state index is 10.0. The van der Waals surface area contributed by atoms with Gasteiger partial charge in [-0.15, -0.1) is 0 Å². The SMILES string of the molecule is Oc1ccc2ccc(-c3ccc4c(c3)C3(c5ccccc5-c5ccccc53)c3ccccc3-4)cc2c1. The molecule has 0 fully saturated rings. The molecule has 6 aromatic rings. The van der Waals surface area contributed by atoms with Crippen molar-refractivity contribution in [2.24, 2.45) is 0 Å². The largest absolute Gasteiger partial charge is 0.508 e. The summed E-state index contributed by atoms with van der Waals surface area (Å²) < 4.78 is 0. The number of benzene rings is 6. The van der Waals surface area contributed by atoms with Gasteiger partial charge in [-0.2, -0.15) is 0 Å². The summed E-state index contributed by atoms with van der Waals surface area (Å²) in [6, 6.07) is 45.7. The van der Waals surface area contributed by atoms with Crippen molar-refractivity contribution in [2.75, 3.05) is 0 Å². The third kappa shape index (κ3) is 2.40. The maximum Gasteiger partial charge on any atom is 0.116 e. The molecular formula is C35H22O. The van der Waals surface area contributed by atoms with E-state index < -0.39 is 0 Å². The highest BCUT2D eigenvalue weighted by Crippen LogP contribution is 2.62. The van der Waals surface area contributed by atoms with Gasteiger partial charge >= 0.3 is 0 Å². The molecule has 0 aliphatic heterocycles. The molecule has 1 spiro atoms. The number of rotatable bonds is 1. The fourth-order valence-corrected chi connectivity index (χ4v) is 6.69. The Balaban J connectivity index is 1.45. The molecule has 6 aromatic carbocycles. The topological polar surface area (TPSA) is 20.2 Å². The fraction of sp³-hybridized carbons (Fsp3) is 0.0286. The monoisotopic (exact) mass is 458 g/mol. The molecule has 0 bridgehead atoms. The van der Waals surface area contributed by atoms with Gasteiger partial charge in [0.1, 0.15) is 5.75 Å². The zero-order chi connectivity index (χ0) is 23.9. The lowest BCUT2D eigenvalue weighted by atomic mass is 9.70. The molecule has 0 heterocycles. The summed E-state index contributed by atoms with van der Waals surface area (Å²) in [5.41, 5.74) is 12.7. The van der Waals surface area contributed by atoms with Crippen molar-refractivity contribution in [3.05, 3.63) is 150 Å². The van der Waals surface area contributed by atoms with E-state index in [2.05, 4.69) is 109 Å². The molecule has 8 rings (SSSR count). The number of fused-ring (bicyclic) bond motifs is 11. The van der Waals surface area contributed by atoms with Crippen molar-refractivity contribution in [2.45, 2.75) is 5.41 Å². The Morgan fingerprint density at radius 2 is 0.889 bits per heavy atom. The first-order chi connectivity index (χ1) is 17.7. The van der Waals surface area contributed by atoms with E-state index in [1.54, 1.807) is 6.07 Å². The van der Waals surface area contributed by atoms with Crippen molar-refractivity contribution in [1.29, 1.82) is 0 Å². The van der Waals surface area contributed by atoms with Crippen LogP contribution in [0.5, 0.6) is 5.75 Å². The van der Waals surface area contributed by atoms with Gasteiger partial charge in [0, 0.05) is 0 Å². The van der Waals surface area contributed by atoms with E-state index in [4.69, 9.17) is 0 Å². The van der Waals surface area contributed by atoms with Crippen molar-refractivity contribution in [3.63, 3.8) is 0 Å². The average molecular weight is 459 g/mol. The molecule has 0 aromatic heterocycles. The van der Waals surface area contributed by atoms with Gasteiger partial charge in [-0.05, 0) is 90.7 Å². The van der Waals surface area contributed by atoms with Gasteiger partial charge in [-0.25, -0.2) is 0 Å². The van der Waals surface area contributed by atoms with Gasteiger partial charge in [0.05, 0.1) is 5.41 Å². The number of phenolic OH excluding ortho intramolecular Hbond substituents is 1. The Labute approximate surface area is 209 Å². The quantitative estimate of drug-likeness (QED) is 0.261. The van der Waals surface area contributed by atoms with Crippen molar-refractivity contribution < 1.29 is 5.11 Å². The van der Waals surface area contributed by atoms with Gasteiger partial charge in [-0.3, -0.25) is 0 Å². The lowest BCUT2D eigenvalue weighted by Crippen LogP contribution is -2.25. The predicted molar refractivity (Wildman–Crippen MR) is 147 cm³/mol. The standard InChI is InChI=1S/C35H22O/c36-26-17-15-22-13-14-23(19-25(22)20-26)24-16-18-30-29-9-3-6-12-33(29)35(34(30)21-24)31-10-4-1-7-27(31)28-8-2-5-11-32(28)35/h1-21,36H. The van der Waals surface area contributed by atoms with Crippen LogP contribution in [0.2, 0.25) is 0 Å². The molecule has 0 atom stereocenters. The average Bonchev–Trinajstić information content (AvgIpc) is 3.40. The second kappa shape index (κ2) is 6.96. The Morgan fingerprint density at radius 1 is 0.389 bits per heavy atom. The second-order valence-corrected chi connectivity index (χ2v) is 9.89. The van der Waals surface area contributed by atoms with Crippen LogP contribution in [0.25, 0.3) is 44.2 Å². The van der Waals surface area contributed by atoms with Crippen LogP contribution in [0, 0.1) is 0 Å². The van der Waals surface area contributed by atoms with Crippen LogP contribution in [0.15, 0.2) is 127 Å². The van der Waals surface area contributed by atoms with E-state index in [0.717, 1.165) is 16.3 Å². The molecule has 0 unspecified atom stereocenters. The van der Waals surface area contributed by atoms with Crippen LogP contribution in [-0.2, 0) is 5.41 Å². The third-order valence-electron chi connectivity index (χ3n) is 8.15. The summed E-state index contributed by atoms with van der Waals surface area (Å²) >= 11 is 0. The molecule has 1 heteroatoms. The molecule has 0 radical (unpaired) electrons. The van der Waals surface area contributed by atoms with Crippen LogP contribution >= 0.6 is 0 Å². The van der Waals surface area contributed by atoms with Gasteiger partial charge in [0.25, 0.3) is 0 Å². The second-order valence-electron chi connectivity index (χ2n) is 9.89. The van der Waals surface area contributed by atoms with Crippen LogP contribution in [0.3, 0.4) is 0 Å². The number of phenols is 1. The minimum atomic E-state index is -0.329. The highest BCUT2D eigenvalue weighted by molar-refractivity contribution is 5.96. The molecule has 0 amide bonds. The smallest absolute Gasteiger partial charge is 0.116 e. The molecule has 2 aliphatic carbocycles. The predicted octanol–water partition coefficient (Wildman–Crippen LogP) is 8.56. The molecule has 36 heavy (non-hydrogen) atoms. The van der Waals surface area contributed by atoms with E-state index in [9.17, 15) is 5.11 Å². The first kappa shape index (κ1) is 19.7. The number of hydrogen-bond acceptors (Lipinski definition) is 1. The maximum atomic E-state index is 10.0. The van der Waals surface area contributed by atoms with Crippen molar-refractivity contribution >= 4 is 10.8 Å². The summed E-state index contributed by atoms with van der Waals surface area (Å²) in [5, 5.41) is 12.2. The minimum absolute atomic E-state index is 0.294. The molecule has 0 saturated carbocycles. The summed E-state index contributed by atoms with van der Waals surface area (Å²) in [4.78, 5) is 0. The van der Waals surface area contributed by atoms with E-state index >= 15 is 0 Å². The minimum Gasteiger partial charge on any atom is -0.508 e. The van der Waals surface area contributed by atoms with Crippen molar-refractivity contribution in [1.82, 2.24) is 0 Å². The van der Waals surface area contributed by atoms with Crippen molar-refractivity contribution in [3.8, 4) is 39.1 Å². The van der Waals surface area contributed by atoms with Crippen LogP contribution in [0.1, 0.15) is 22.3 Å². The molecule has 1 N–H and O–H groups in total. The van der Waals surface area contributed by atoms with Crippen LogP contribution < -0.4 is 0 Å². The summed E-state index contributed by atoms with van der Waals surface area (Å²) in [5.74, 6) is 0.294. The first-order valence-electron chi connectivity index (χ1n) is 12.4. The normalized spacial score (nSPS) is 13.9. The number of aromatic hydroxyl groups is 1. The van der Waals surface area contributed by atoms with E-state index in [1.807, 2.05) is 12.1 Å². The zero-order valence-corrected chi connectivity index (χ0v) is 19.6. The van der Waals surface area contributed by atoms with Crippen LogP contribution in [-0.4, -0.2) is 5.11 Å². The molecule has 0 saturated heterocycles. The lowest BCUT2D eigenvalue weighted by Gasteiger charge is -2.30. The number of hydrogen-bond donors (Lipinski definition) is 1. The van der Waals surface area contributed by atoms with E-state index in [1.165, 1.54) is 50.1 Å². The summed E-state index contributed by atoms with van der Waals surface area (Å²) in [6.07, 6.45) is 0. The molecular weight excluding hydrogens is 436 g/mol. The first-order valence-corrected chi connectivity index (χ1v) is 12.4. The summed E-state index contributed by atoms with van der Waals surface area (Å²) in [7, 11) is 0. The van der Waals surface area contributed by atoms with E-state index in [-0.39, 0.29) is 5.41 Å². The lowest BCUT2D eigenvalue weighted by molar-refractivity contribution is 0.476. The Hall–Kier alpha value is -4.62. The highest BCUT2D eigenvalue weighted by atomic mass is 16.3. The van der Waals surface area contributed by atoms with Gasteiger partial charge in [0.15, 0.2) is 0 Å². The van der Waals surface area contributed by atoms with Gasteiger partial charge < -0.3 is 5.11 Å². The summed E-state index contributed by atoms with van der Waals surface area (Å²) in [6.45, 7) is 0. The van der Waals surface area contributed by atoms with Crippen LogP contribution in [0.4, 0.5) is 0 Å². The Kier molecular flexibility index (Phi) is 3.80. The van der Waals surface area contributed by atoms with E-state index in [0.29, 0.717) is 5.75 Å². The van der Waals surface area contributed by atoms with Gasteiger partial charge in [-0.1, -0.05) is 103 Å². The Bertz CT molecular complexity index is 1800. The zero-order valence-electron chi connectivity index (χ0n) is 19.6. The van der Waals surface area contributed by atoms with Gasteiger partial charge in [0.2, 0.25) is 0 Å². The molecule has 1 nitrogen and oxygen atoms in total. The molecule has 168 valence electrons. The highest BCUT2D eigenvalue weighted by Gasteiger charge is 2.51. The third-order valence-corrected chi connectivity index (χ3v) is 8.15.